The summed E-state index contributed by atoms with van der Waals surface area (Å²) < 4.78 is 89.0. The van der Waals surface area contributed by atoms with Crippen molar-refractivity contribution in [2.24, 2.45) is 0 Å². The maximum Gasteiger partial charge on any atom is 0.425 e. The molecule has 0 aromatic heterocycles. The first-order chi connectivity index (χ1) is 15.8. The lowest BCUT2D eigenvalue weighted by Gasteiger charge is -2.34. The summed E-state index contributed by atoms with van der Waals surface area (Å²) in [7, 11) is -3.80. The van der Waals surface area contributed by atoms with E-state index in [2.05, 4.69) is 5.32 Å². The molecule has 1 atom stereocenters. The largest absolute Gasteiger partial charge is 0.481 e. The first-order valence-corrected chi connectivity index (χ1v) is 11.8. The number of anilines is 1. The topological polar surface area (TPSA) is 84.9 Å². The van der Waals surface area contributed by atoms with E-state index >= 15 is 4.39 Å². The van der Waals surface area contributed by atoms with Crippen molar-refractivity contribution < 1.29 is 40.2 Å². The number of benzene rings is 2. The molecular weight excluding hydrogens is 480 g/mol. The second-order valence-electron chi connectivity index (χ2n) is 7.94. The fourth-order valence-electron chi connectivity index (χ4n) is 3.22. The van der Waals surface area contributed by atoms with Crippen molar-refractivity contribution in [1.29, 1.82) is 0 Å². The molecule has 1 aliphatic rings. The number of amides is 1. The molecule has 2 aromatic carbocycles. The van der Waals surface area contributed by atoms with E-state index in [1.54, 1.807) is 12.1 Å². The SMILES string of the molecule is Cc1ccc(S(=O)(=O)N2CCC(F)(OC(=O)Nc3ccc(OC(C)C(F)(F)F)cc3)CC2)cc1. The second kappa shape index (κ2) is 9.79. The normalized spacial score (nSPS) is 17.6. The van der Waals surface area contributed by atoms with Crippen LogP contribution in [0.1, 0.15) is 25.3 Å². The lowest BCUT2D eigenvalue weighted by atomic mass is 10.1. The van der Waals surface area contributed by atoms with Crippen LogP contribution in [0.3, 0.4) is 0 Å². The molecule has 1 aliphatic heterocycles. The molecule has 1 unspecified atom stereocenters. The number of rotatable bonds is 6. The highest BCUT2D eigenvalue weighted by atomic mass is 32.2. The van der Waals surface area contributed by atoms with Crippen LogP contribution in [0.2, 0.25) is 0 Å². The lowest BCUT2D eigenvalue weighted by molar-refractivity contribution is -0.189. The Morgan fingerprint density at radius 1 is 1.06 bits per heavy atom. The van der Waals surface area contributed by atoms with Gasteiger partial charge in [-0.2, -0.15) is 21.9 Å². The van der Waals surface area contributed by atoms with Crippen molar-refractivity contribution in [3.05, 3.63) is 54.1 Å². The number of sulfonamides is 1. The van der Waals surface area contributed by atoms with Gasteiger partial charge < -0.3 is 9.47 Å². The molecule has 186 valence electrons. The van der Waals surface area contributed by atoms with Crippen molar-refractivity contribution in [2.45, 2.75) is 49.7 Å². The van der Waals surface area contributed by atoms with Crippen molar-refractivity contribution >= 4 is 21.8 Å². The van der Waals surface area contributed by atoms with Crippen molar-refractivity contribution in [1.82, 2.24) is 4.31 Å². The van der Waals surface area contributed by atoms with Crippen LogP contribution in [0, 0.1) is 6.92 Å². The number of nitrogens with one attached hydrogen (secondary N) is 1. The summed E-state index contributed by atoms with van der Waals surface area (Å²) in [5.74, 6) is -2.43. The van der Waals surface area contributed by atoms with Crippen LogP contribution < -0.4 is 10.1 Å². The highest BCUT2D eigenvalue weighted by molar-refractivity contribution is 7.89. The number of hydrogen-bond donors (Lipinski definition) is 1. The van der Waals surface area contributed by atoms with E-state index in [9.17, 15) is 26.4 Å². The molecule has 0 spiro atoms. The van der Waals surface area contributed by atoms with Gasteiger partial charge in [0.05, 0.1) is 4.90 Å². The van der Waals surface area contributed by atoms with E-state index < -0.39 is 34.3 Å². The zero-order chi connectivity index (χ0) is 25.1. The number of nitrogens with zero attached hydrogens (tertiary/aromatic N) is 1. The number of carbonyl (C=O) groups is 1. The maximum absolute atomic E-state index is 15.0. The second-order valence-corrected chi connectivity index (χ2v) is 9.88. The van der Waals surface area contributed by atoms with Gasteiger partial charge in [-0.05, 0) is 50.2 Å². The Hall–Kier alpha value is -2.86. The molecule has 0 aliphatic carbocycles. The van der Waals surface area contributed by atoms with Crippen LogP contribution in [0.5, 0.6) is 5.75 Å². The van der Waals surface area contributed by atoms with Gasteiger partial charge in [0.1, 0.15) is 5.75 Å². The monoisotopic (exact) mass is 504 g/mol. The Morgan fingerprint density at radius 3 is 2.15 bits per heavy atom. The molecule has 7 nitrogen and oxygen atoms in total. The summed E-state index contributed by atoms with van der Waals surface area (Å²) in [5, 5.41) is 2.29. The number of hydrogen-bond acceptors (Lipinski definition) is 5. The van der Waals surface area contributed by atoms with Crippen LogP contribution in [0.4, 0.5) is 28.0 Å². The highest BCUT2D eigenvalue weighted by Gasteiger charge is 2.42. The Kier molecular flexibility index (Phi) is 7.41. The number of aryl methyl sites for hydroxylation is 1. The van der Waals surface area contributed by atoms with Gasteiger partial charge >= 0.3 is 12.3 Å². The van der Waals surface area contributed by atoms with E-state index in [-0.39, 0.29) is 42.3 Å². The highest BCUT2D eigenvalue weighted by Crippen LogP contribution is 2.32. The summed E-state index contributed by atoms with van der Waals surface area (Å²) in [5.41, 5.74) is 1.05. The summed E-state index contributed by atoms with van der Waals surface area (Å²) in [6.45, 7) is 2.34. The van der Waals surface area contributed by atoms with Gasteiger partial charge in [0.15, 0.2) is 6.10 Å². The van der Waals surface area contributed by atoms with Crippen LogP contribution in [0.15, 0.2) is 53.4 Å². The molecule has 34 heavy (non-hydrogen) atoms. The summed E-state index contributed by atoms with van der Waals surface area (Å²) >= 11 is 0. The smallest absolute Gasteiger partial charge is 0.425 e. The Labute approximate surface area is 194 Å². The van der Waals surface area contributed by atoms with Gasteiger partial charge in [-0.1, -0.05) is 17.7 Å². The van der Waals surface area contributed by atoms with Gasteiger partial charge in [-0.3, -0.25) is 5.32 Å². The minimum absolute atomic E-state index is 0.0622. The van der Waals surface area contributed by atoms with Crippen molar-refractivity contribution in [3.63, 3.8) is 0 Å². The number of ether oxygens (including phenoxy) is 2. The predicted molar refractivity (Wildman–Crippen MR) is 116 cm³/mol. The molecule has 0 bridgehead atoms. The van der Waals surface area contributed by atoms with Gasteiger partial charge in [-0.25, -0.2) is 13.2 Å². The first-order valence-electron chi connectivity index (χ1n) is 10.4. The molecule has 1 saturated heterocycles. The van der Waals surface area contributed by atoms with E-state index in [1.807, 2.05) is 6.92 Å². The number of alkyl halides is 4. The van der Waals surface area contributed by atoms with Gasteiger partial charge in [0, 0.05) is 31.6 Å². The summed E-state index contributed by atoms with van der Waals surface area (Å²) in [6, 6.07) is 11.3. The van der Waals surface area contributed by atoms with E-state index in [1.165, 1.54) is 36.4 Å². The Balaban J connectivity index is 1.53. The third-order valence-electron chi connectivity index (χ3n) is 5.28. The fourth-order valence-corrected chi connectivity index (χ4v) is 4.66. The minimum atomic E-state index is -4.52. The van der Waals surface area contributed by atoms with E-state index in [4.69, 9.17) is 9.47 Å². The van der Waals surface area contributed by atoms with Crippen LogP contribution in [-0.2, 0) is 14.8 Å². The Morgan fingerprint density at radius 2 is 1.62 bits per heavy atom. The molecule has 0 saturated carbocycles. The number of carbonyl (C=O) groups excluding carboxylic acids is 1. The first kappa shape index (κ1) is 25.8. The van der Waals surface area contributed by atoms with Crippen LogP contribution in [-0.4, -0.2) is 50.0 Å². The molecule has 0 radical (unpaired) electrons. The molecule has 1 heterocycles. The fraction of sp³-hybridized carbons (Fsp3) is 0.409. The molecule has 1 N–H and O–H groups in total. The predicted octanol–water partition coefficient (Wildman–Crippen LogP) is 5.02. The zero-order valence-corrected chi connectivity index (χ0v) is 19.2. The summed E-state index contributed by atoms with van der Waals surface area (Å²) in [4.78, 5) is 12.2. The summed E-state index contributed by atoms with van der Waals surface area (Å²) in [6.07, 6.45) is -8.36. The lowest BCUT2D eigenvalue weighted by Crippen LogP contribution is -2.47. The van der Waals surface area contributed by atoms with Gasteiger partial charge in [-0.15, -0.1) is 0 Å². The minimum Gasteiger partial charge on any atom is -0.481 e. The van der Waals surface area contributed by atoms with Crippen LogP contribution >= 0.6 is 0 Å². The standard InChI is InChI=1S/C22H24F4N2O5S/c1-15-3-9-19(10-4-15)34(30,31)28-13-11-21(23,12-14-28)33-20(29)27-17-5-7-18(8-6-17)32-16(2)22(24,25)26/h3-10,16H,11-14H2,1-2H3,(H,27,29). The number of halogens is 4. The average molecular weight is 505 g/mol. The molecule has 1 amide bonds. The van der Waals surface area contributed by atoms with Gasteiger partial charge in [0.2, 0.25) is 10.0 Å². The third-order valence-corrected chi connectivity index (χ3v) is 7.19. The van der Waals surface area contributed by atoms with Gasteiger partial charge in [0.25, 0.3) is 5.85 Å². The zero-order valence-electron chi connectivity index (χ0n) is 18.4. The molecule has 3 rings (SSSR count). The average Bonchev–Trinajstić information content (AvgIpc) is 2.74. The Bertz CT molecular complexity index is 1100. The molecular formula is C22H24F4N2O5S. The maximum atomic E-state index is 15.0. The molecule has 1 fully saturated rings. The quantitative estimate of drug-likeness (QED) is 0.559. The van der Waals surface area contributed by atoms with Crippen LogP contribution in [0.25, 0.3) is 0 Å². The molecule has 2 aromatic rings. The van der Waals surface area contributed by atoms with E-state index in [0.717, 1.165) is 16.8 Å². The molecule has 12 heteroatoms. The van der Waals surface area contributed by atoms with Crippen molar-refractivity contribution in [2.75, 3.05) is 18.4 Å². The number of piperidine rings is 1. The van der Waals surface area contributed by atoms with E-state index in [0.29, 0.717) is 0 Å². The third kappa shape index (κ3) is 6.38. The van der Waals surface area contributed by atoms with Crippen molar-refractivity contribution in [3.8, 4) is 5.75 Å².